The molecule has 0 radical (unpaired) electrons. The predicted octanol–water partition coefficient (Wildman–Crippen LogP) is 2.02. The van der Waals surface area contributed by atoms with Crippen LogP contribution in [-0.4, -0.2) is 35.1 Å². The highest BCUT2D eigenvalue weighted by Crippen LogP contribution is 2.29. The third kappa shape index (κ3) is 2.69. The lowest BCUT2D eigenvalue weighted by molar-refractivity contribution is -0.0221. The smallest absolute Gasteiger partial charge is 0.337 e. The van der Waals surface area contributed by atoms with Gasteiger partial charge in [0.25, 0.3) is 5.92 Å². The molecule has 17 heavy (non-hydrogen) atoms. The highest BCUT2D eigenvalue weighted by Gasteiger charge is 2.34. The molecule has 1 aliphatic heterocycles. The fourth-order valence-electron chi connectivity index (χ4n) is 1.76. The zero-order valence-electron chi connectivity index (χ0n) is 9.07. The molecule has 2 rings (SSSR count). The fraction of sp³-hybridized carbons (Fsp3) is 0.455. The number of aromatic carboxylic acids is 1. The summed E-state index contributed by atoms with van der Waals surface area (Å²) in [7, 11) is 0. The van der Waals surface area contributed by atoms with E-state index in [1.54, 1.807) is 11.0 Å². The van der Waals surface area contributed by atoms with Gasteiger partial charge < -0.3 is 10.0 Å². The van der Waals surface area contributed by atoms with Gasteiger partial charge in [0.15, 0.2) is 0 Å². The van der Waals surface area contributed by atoms with Crippen LogP contribution >= 0.6 is 0 Å². The summed E-state index contributed by atoms with van der Waals surface area (Å²) in [6.45, 7) is 0.485. The lowest BCUT2D eigenvalue weighted by atomic mass is 10.1. The molecule has 6 heteroatoms. The molecule has 1 fully saturated rings. The number of aromatic nitrogens is 1. The van der Waals surface area contributed by atoms with E-state index < -0.39 is 11.9 Å². The number of pyridine rings is 1. The molecule has 1 aliphatic rings. The fourth-order valence-corrected chi connectivity index (χ4v) is 1.76. The molecule has 1 saturated heterocycles. The minimum atomic E-state index is -2.59. The maximum Gasteiger partial charge on any atom is 0.337 e. The quantitative estimate of drug-likeness (QED) is 0.862. The first-order chi connectivity index (χ1) is 7.98. The van der Waals surface area contributed by atoms with Crippen molar-refractivity contribution in [2.24, 2.45) is 0 Å². The molecule has 0 spiro atoms. The van der Waals surface area contributed by atoms with Gasteiger partial charge in [-0.3, -0.25) is 0 Å². The molecule has 0 unspecified atom stereocenters. The van der Waals surface area contributed by atoms with Gasteiger partial charge in [0.1, 0.15) is 5.82 Å². The molecular weight excluding hydrogens is 230 g/mol. The Balaban J connectivity index is 2.06. The topological polar surface area (TPSA) is 53.4 Å². The summed E-state index contributed by atoms with van der Waals surface area (Å²) in [5, 5.41) is 8.70. The Labute approximate surface area is 96.9 Å². The molecule has 0 atom stereocenters. The zero-order valence-corrected chi connectivity index (χ0v) is 9.07. The van der Waals surface area contributed by atoms with Crippen LogP contribution in [0.2, 0.25) is 0 Å². The number of carboxylic acid groups (broad SMARTS) is 1. The normalized spacial score (nSPS) is 19.1. The second kappa shape index (κ2) is 4.27. The molecule has 0 amide bonds. The van der Waals surface area contributed by atoms with Crippen molar-refractivity contribution in [3.05, 3.63) is 23.9 Å². The van der Waals surface area contributed by atoms with E-state index in [-0.39, 0.29) is 31.5 Å². The Morgan fingerprint density at radius 2 is 2.00 bits per heavy atom. The van der Waals surface area contributed by atoms with Crippen molar-refractivity contribution >= 4 is 11.8 Å². The van der Waals surface area contributed by atoms with Gasteiger partial charge in [-0.1, -0.05) is 0 Å². The second-order valence-electron chi connectivity index (χ2n) is 4.05. The number of carbonyl (C=O) groups is 1. The maximum atomic E-state index is 12.9. The number of alkyl halides is 2. The SMILES string of the molecule is O=C(O)c1ccc(N2CCC(F)(F)CC2)nc1. The lowest BCUT2D eigenvalue weighted by Crippen LogP contribution is -2.39. The highest BCUT2D eigenvalue weighted by atomic mass is 19.3. The largest absolute Gasteiger partial charge is 0.478 e. The van der Waals surface area contributed by atoms with E-state index in [0.29, 0.717) is 5.82 Å². The molecule has 0 aliphatic carbocycles. The number of anilines is 1. The Bertz CT molecular complexity index is 410. The first-order valence-electron chi connectivity index (χ1n) is 5.30. The van der Waals surface area contributed by atoms with Crippen molar-refractivity contribution in [3.8, 4) is 0 Å². The predicted molar refractivity (Wildman–Crippen MR) is 57.6 cm³/mol. The summed E-state index contributed by atoms with van der Waals surface area (Å²) in [5.74, 6) is -3.09. The molecule has 1 N–H and O–H groups in total. The van der Waals surface area contributed by atoms with E-state index in [9.17, 15) is 13.6 Å². The van der Waals surface area contributed by atoms with Crippen molar-refractivity contribution in [2.45, 2.75) is 18.8 Å². The maximum absolute atomic E-state index is 12.9. The third-order valence-corrected chi connectivity index (χ3v) is 2.81. The number of hydrogen-bond acceptors (Lipinski definition) is 3. The summed E-state index contributed by atoms with van der Waals surface area (Å²) in [6, 6.07) is 2.98. The van der Waals surface area contributed by atoms with Crippen molar-refractivity contribution in [1.82, 2.24) is 4.98 Å². The van der Waals surface area contributed by atoms with E-state index in [2.05, 4.69) is 4.98 Å². The molecule has 0 saturated carbocycles. The Morgan fingerprint density at radius 3 is 2.47 bits per heavy atom. The van der Waals surface area contributed by atoms with Gasteiger partial charge in [0.2, 0.25) is 0 Å². The van der Waals surface area contributed by atoms with Crippen LogP contribution in [0.5, 0.6) is 0 Å². The average molecular weight is 242 g/mol. The van der Waals surface area contributed by atoms with Crippen molar-refractivity contribution < 1.29 is 18.7 Å². The van der Waals surface area contributed by atoms with E-state index in [1.807, 2.05) is 0 Å². The number of rotatable bonds is 2. The van der Waals surface area contributed by atoms with Crippen LogP contribution in [0.25, 0.3) is 0 Å². The standard InChI is InChI=1S/C11H12F2N2O2/c12-11(13)3-5-15(6-4-11)9-2-1-8(7-14-9)10(16)17/h1-2,7H,3-6H2,(H,16,17). The average Bonchev–Trinajstić information content (AvgIpc) is 2.29. The summed E-state index contributed by atoms with van der Waals surface area (Å²) in [5.41, 5.74) is 0.0936. The van der Waals surface area contributed by atoms with Crippen molar-refractivity contribution in [2.75, 3.05) is 18.0 Å². The number of nitrogens with zero attached hydrogens (tertiary/aromatic N) is 2. The van der Waals surface area contributed by atoms with Crippen LogP contribution < -0.4 is 4.90 Å². The minimum Gasteiger partial charge on any atom is -0.478 e. The molecule has 1 aromatic heterocycles. The molecule has 0 aromatic carbocycles. The van der Waals surface area contributed by atoms with Crippen molar-refractivity contribution in [3.63, 3.8) is 0 Å². The number of hydrogen-bond donors (Lipinski definition) is 1. The lowest BCUT2D eigenvalue weighted by Gasteiger charge is -2.32. The van der Waals surface area contributed by atoms with Gasteiger partial charge in [0, 0.05) is 32.1 Å². The molecule has 1 aromatic rings. The van der Waals surface area contributed by atoms with Gasteiger partial charge in [-0.05, 0) is 12.1 Å². The first kappa shape index (κ1) is 11.8. The van der Waals surface area contributed by atoms with Gasteiger partial charge in [-0.2, -0.15) is 0 Å². The van der Waals surface area contributed by atoms with Crippen LogP contribution in [-0.2, 0) is 0 Å². The van der Waals surface area contributed by atoms with E-state index in [1.165, 1.54) is 12.3 Å². The van der Waals surface area contributed by atoms with Gasteiger partial charge >= 0.3 is 5.97 Å². The van der Waals surface area contributed by atoms with E-state index >= 15 is 0 Å². The van der Waals surface area contributed by atoms with Crippen molar-refractivity contribution in [1.29, 1.82) is 0 Å². The summed E-state index contributed by atoms with van der Waals surface area (Å²) in [6.07, 6.45) is 0.870. The second-order valence-corrected chi connectivity index (χ2v) is 4.05. The Hall–Kier alpha value is -1.72. The Kier molecular flexibility index (Phi) is 2.95. The molecule has 2 heterocycles. The van der Waals surface area contributed by atoms with Gasteiger partial charge in [-0.25, -0.2) is 18.6 Å². The van der Waals surface area contributed by atoms with Gasteiger partial charge in [0.05, 0.1) is 5.56 Å². The summed E-state index contributed by atoms with van der Waals surface area (Å²) >= 11 is 0. The number of piperidine rings is 1. The third-order valence-electron chi connectivity index (χ3n) is 2.81. The summed E-state index contributed by atoms with van der Waals surface area (Å²) in [4.78, 5) is 16.3. The number of halogens is 2. The minimum absolute atomic E-state index is 0.0936. The zero-order chi connectivity index (χ0) is 12.5. The Morgan fingerprint density at radius 1 is 1.35 bits per heavy atom. The van der Waals surface area contributed by atoms with Crippen LogP contribution in [0, 0.1) is 0 Å². The van der Waals surface area contributed by atoms with E-state index in [0.717, 1.165) is 0 Å². The van der Waals surface area contributed by atoms with Gasteiger partial charge in [-0.15, -0.1) is 0 Å². The first-order valence-corrected chi connectivity index (χ1v) is 5.30. The van der Waals surface area contributed by atoms with Crippen LogP contribution in [0.1, 0.15) is 23.2 Å². The highest BCUT2D eigenvalue weighted by molar-refractivity contribution is 5.87. The molecule has 0 bridgehead atoms. The molecule has 4 nitrogen and oxygen atoms in total. The van der Waals surface area contributed by atoms with Crippen LogP contribution in [0.4, 0.5) is 14.6 Å². The van der Waals surface area contributed by atoms with E-state index in [4.69, 9.17) is 5.11 Å². The molecular formula is C11H12F2N2O2. The number of carboxylic acids is 1. The molecule has 92 valence electrons. The van der Waals surface area contributed by atoms with Crippen LogP contribution in [0.15, 0.2) is 18.3 Å². The summed E-state index contributed by atoms with van der Waals surface area (Å²) < 4.78 is 25.9. The monoisotopic (exact) mass is 242 g/mol. The van der Waals surface area contributed by atoms with Crippen LogP contribution in [0.3, 0.4) is 0 Å².